The number of rotatable bonds is 60. The molecule has 0 fully saturated rings. The van der Waals surface area contributed by atoms with E-state index in [0.29, 0.717) is 108 Å². The molecule has 0 saturated heterocycles. The molecule has 2 N–H and O–H groups in total. The van der Waals surface area contributed by atoms with Crippen LogP contribution in [0, 0.1) is 47.4 Å². The van der Waals surface area contributed by atoms with Crippen molar-refractivity contribution in [2.75, 3.05) is 26.4 Å². The summed E-state index contributed by atoms with van der Waals surface area (Å²) in [6.07, 6.45) is 56.3. The van der Waals surface area contributed by atoms with Crippen LogP contribution in [-0.2, 0) is 13.1 Å². The molecular formula is C100H142N6O8. The molecule has 0 atom stereocenters. The van der Waals surface area contributed by atoms with Crippen molar-refractivity contribution < 1.29 is 18.9 Å². The predicted molar refractivity (Wildman–Crippen MR) is 474 cm³/mol. The molecule has 0 saturated carbocycles. The summed E-state index contributed by atoms with van der Waals surface area (Å²) < 4.78 is 29.7. The van der Waals surface area contributed by atoms with Crippen molar-refractivity contribution in [1.29, 1.82) is 0 Å². The van der Waals surface area contributed by atoms with Crippen LogP contribution in [0.2, 0.25) is 0 Å². The Balaban J connectivity index is 1.26. The summed E-state index contributed by atoms with van der Waals surface area (Å²) in [5, 5.41) is 9.25. The standard InChI is InChI=1S/C100H142N6O8/c1-7-13-19-25-29-33-37-41-45-51-73-111-93-79-87(63-69-91-81-97(107)101-99(109)105(91)71-49-23-17-11-5)95(113-75-53-47-43-39-35-31-27-21-15-9-3)77-85(93)61-55-83-57-65-89(66-58-83)103-104-90-67-59-84(60-68-90)56-62-86-78-96(114-76-54-48-44-40-36-32-28-22-16-10-4)88(80-94(86)112-74-52-46-42-38-34-30-26-20-14-8-2)64-70-92-82-98(108)102-100(110)106(92)72-50-24-18-12-6/h57-60,65-68,77-82H,7-54,71-76H2,1-6H3,(H,101,107,109)(H,102,108,110). The van der Waals surface area contributed by atoms with Gasteiger partial charge in [-0.3, -0.25) is 28.7 Å². The molecule has 2 aromatic heterocycles. The Morgan fingerprint density at radius 3 is 0.728 bits per heavy atom. The highest BCUT2D eigenvalue weighted by atomic mass is 16.5. The molecule has 2 heterocycles. The molecule has 0 amide bonds. The zero-order valence-electron chi connectivity index (χ0n) is 71.3. The molecule has 4 aromatic carbocycles. The van der Waals surface area contributed by atoms with Gasteiger partial charge in [0.2, 0.25) is 0 Å². The lowest BCUT2D eigenvalue weighted by molar-refractivity contribution is 0.295. The highest BCUT2D eigenvalue weighted by molar-refractivity contribution is 5.62. The van der Waals surface area contributed by atoms with Gasteiger partial charge in [-0.2, -0.15) is 10.2 Å². The fraction of sp³-hybridized carbons (Fsp3) is 0.600. The Kier molecular flexibility index (Phi) is 50.2. The Morgan fingerprint density at radius 2 is 0.482 bits per heavy atom. The minimum absolute atomic E-state index is 0.362. The summed E-state index contributed by atoms with van der Waals surface area (Å²) in [5.74, 6) is 29.1. The zero-order valence-corrected chi connectivity index (χ0v) is 71.3. The average Bonchev–Trinajstić information content (AvgIpc) is 0.822. The summed E-state index contributed by atoms with van der Waals surface area (Å²) in [5.41, 5.74) is 4.32. The van der Waals surface area contributed by atoms with Crippen LogP contribution < -0.4 is 41.4 Å². The monoisotopic (exact) mass is 1560 g/mol. The largest absolute Gasteiger partial charge is 0.492 e. The number of hydrogen-bond acceptors (Lipinski definition) is 10. The molecule has 0 bridgehead atoms. The van der Waals surface area contributed by atoms with Gasteiger partial charge in [0.25, 0.3) is 11.1 Å². The van der Waals surface area contributed by atoms with Crippen LogP contribution in [0.15, 0.2) is 114 Å². The molecule has 0 spiro atoms. The number of H-pyrrole nitrogens is 2. The molecule has 6 aromatic rings. The van der Waals surface area contributed by atoms with Crippen LogP contribution >= 0.6 is 0 Å². The average molecular weight is 1560 g/mol. The quantitative estimate of drug-likeness (QED) is 0.0216. The molecule has 6 rings (SSSR count). The third-order valence-corrected chi connectivity index (χ3v) is 21.1. The SMILES string of the molecule is CCCCCCCCCCCCOc1cc(C#Cc2cc(=O)[nH]c(=O)n2CCCCCC)c(OCCCCCCCCCCCC)cc1C#Cc1ccc(N=Nc2ccc(C#Cc3cc(OCCCCCCCCCCCC)c(C#Cc4cc(=O)[nH]c(=O)n4CCCCCC)cc3OCCCCCCCCCCCC)cc2)cc1. The molecule has 0 unspecified atom stereocenters. The van der Waals surface area contributed by atoms with Crippen molar-refractivity contribution in [2.45, 2.75) is 363 Å². The molecule has 14 nitrogen and oxygen atoms in total. The van der Waals surface area contributed by atoms with Crippen molar-refractivity contribution in [3.05, 3.63) is 171 Å². The van der Waals surface area contributed by atoms with E-state index < -0.39 is 22.5 Å². The lowest BCUT2D eigenvalue weighted by Crippen LogP contribution is -2.31. The van der Waals surface area contributed by atoms with E-state index in [4.69, 9.17) is 18.9 Å². The van der Waals surface area contributed by atoms with Gasteiger partial charge in [-0.15, -0.1) is 0 Å². The lowest BCUT2D eigenvalue weighted by Gasteiger charge is -2.14. The molecule has 620 valence electrons. The van der Waals surface area contributed by atoms with Gasteiger partial charge in [-0.25, -0.2) is 9.59 Å². The number of benzene rings is 4. The van der Waals surface area contributed by atoms with Gasteiger partial charge in [0.05, 0.1) is 60.1 Å². The highest BCUT2D eigenvalue weighted by Gasteiger charge is 2.16. The number of aromatic amines is 2. The molecule has 0 aliphatic heterocycles. The van der Waals surface area contributed by atoms with Crippen molar-refractivity contribution >= 4 is 11.4 Å². The lowest BCUT2D eigenvalue weighted by atomic mass is 10.1. The van der Waals surface area contributed by atoms with E-state index in [1.807, 2.05) is 72.8 Å². The minimum atomic E-state index is -0.481. The smallest absolute Gasteiger partial charge is 0.329 e. The predicted octanol–water partition coefficient (Wildman–Crippen LogP) is 25.8. The van der Waals surface area contributed by atoms with Crippen molar-refractivity contribution in [3.63, 3.8) is 0 Å². The van der Waals surface area contributed by atoms with Gasteiger partial charge in [0, 0.05) is 60.6 Å². The van der Waals surface area contributed by atoms with E-state index in [1.54, 1.807) is 9.13 Å². The topological polar surface area (TPSA) is 171 Å². The Hall–Kier alpha value is -8.72. The fourth-order valence-electron chi connectivity index (χ4n) is 14.0. The first-order valence-electron chi connectivity index (χ1n) is 45.3. The van der Waals surface area contributed by atoms with Gasteiger partial charge in [-0.1, -0.05) is 347 Å². The molecule has 0 aliphatic carbocycles. The maximum atomic E-state index is 13.2. The van der Waals surface area contributed by atoms with Crippen molar-refractivity contribution in [1.82, 2.24) is 19.1 Å². The number of aromatic nitrogens is 4. The first-order valence-corrected chi connectivity index (χ1v) is 45.3. The van der Waals surface area contributed by atoms with Crippen molar-refractivity contribution in [2.24, 2.45) is 10.2 Å². The van der Waals surface area contributed by atoms with Gasteiger partial charge >= 0.3 is 11.4 Å². The summed E-state index contributed by atoms with van der Waals surface area (Å²) >= 11 is 0. The van der Waals surface area contributed by atoms with E-state index in [9.17, 15) is 19.2 Å². The van der Waals surface area contributed by atoms with Crippen LogP contribution in [0.1, 0.15) is 395 Å². The third kappa shape index (κ3) is 40.0. The van der Waals surface area contributed by atoms with Crippen LogP contribution in [0.4, 0.5) is 11.4 Å². The van der Waals surface area contributed by atoms with E-state index in [1.165, 1.54) is 205 Å². The number of azo groups is 1. The fourth-order valence-corrected chi connectivity index (χ4v) is 14.0. The minimum Gasteiger partial charge on any atom is -0.492 e. The molecule has 114 heavy (non-hydrogen) atoms. The first kappa shape index (κ1) is 94.1. The van der Waals surface area contributed by atoms with Gasteiger partial charge in [0.15, 0.2) is 0 Å². The van der Waals surface area contributed by atoms with E-state index in [0.717, 1.165) is 127 Å². The van der Waals surface area contributed by atoms with Gasteiger partial charge in [-0.05, 0) is 98.9 Å². The Labute approximate surface area is 686 Å². The van der Waals surface area contributed by atoms with Crippen LogP contribution in [0.25, 0.3) is 0 Å². The Morgan fingerprint density at radius 1 is 0.263 bits per heavy atom. The zero-order chi connectivity index (χ0) is 80.9. The first-order chi connectivity index (χ1) is 56.0. The van der Waals surface area contributed by atoms with Crippen molar-refractivity contribution in [3.8, 4) is 70.4 Å². The number of hydrogen-bond donors (Lipinski definition) is 2. The third-order valence-electron chi connectivity index (χ3n) is 21.1. The number of nitrogens with one attached hydrogen (secondary N) is 2. The van der Waals surface area contributed by atoms with Gasteiger partial charge in [0.1, 0.15) is 34.4 Å². The maximum Gasteiger partial charge on any atom is 0.329 e. The Bertz CT molecular complexity index is 3920. The second kappa shape index (κ2) is 60.8. The van der Waals surface area contributed by atoms with Gasteiger partial charge < -0.3 is 18.9 Å². The van der Waals surface area contributed by atoms with Crippen LogP contribution in [0.3, 0.4) is 0 Å². The second-order valence-electron chi connectivity index (χ2n) is 31.2. The summed E-state index contributed by atoms with van der Waals surface area (Å²) in [4.78, 5) is 56.9. The number of unbranched alkanes of at least 4 members (excludes halogenated alkanes) is 42. The second-order valence-corrected chi connectivity index (χ2v) is 31.2. The van der Waals surface area contributed by atoms with Crippen LogP contribution in [-0.4, -0.2) is 45.5 Å². The molecule has 14 heteroatoms. The molecular weight excluding hydrogens is 1410 g/mol. The highest BCUT2D eigenvalue weighted by Crippen LogP contribution is 2.32. The maximum absolute atomic E-state index is 13.2. The van der Waals surface area contributed by atoms with E-state index in [2.05, 4.69) is 109 Å². The van der Waals surface area contributed by atoms with E-state index in [-0.39, 0.29) is 0 Å². The summed E-state index contributed by atoms with van der Waals surface area (Å²) in [7, 11) is 0. The molecule has 0 radical (unpaired) electrons. The molecule has 0 aliphatic rings. The number of ether oxygens (including phenoxy) is 4. The normalized spacial score (nSPS) is 11.0. The van der Waals surface area contributed by atoms with Crippen LogP contribution in [0.5, 0.6) is 23.0 Å². The summed E-state index contributed by atoms with van der Waals surface area (Å²) in [6.45, 7) is 16.3. The number of nitrogens with zero attached hydrogens (tertiary/aromatic N) is 4. The van der Waals surface area contributed by atoms with E-state index >= 15 is 0 Å². The summed E-state index contributed by atoms with van der Waals surface area (Å²) in [6, 6.07) is 26.0.